The highest BCUT2D eigenvalue weighted by molar-refractivity contribution is 5.85. The van der Waals surface area contributed by atoms with Crippen LogP contribution in [0.1, 0.15) is 32.1 Å². The highest BCUT2D eigenvalue weighted by Crippen LogP contribution is 2.21. The van der Waals surface area contributed by atoms with E-state index in [4.69, 9.17) is 0 Å². The van der Waals surface area contributed by atoms with Gasteiger partial charge in [-0.3, -0.25) is 4.79 Å². The van der Waals surface area contributed by atoms with Crippen LogP contribution in [-0.4, -0.2) is 29.0 Å². The molecule has 1 amide bonds. The number of para-hydroxylation sites is 2. The van der Waals surface area contributed by atoms with Crippen LogP contribution in [0.2, 0.25) is 0 Å². The second kappa shape index (κ2) is 8.52. The fourth-order valence-electron chi connectivity index (χ4n) is 2.68. The van der Waals surface area contributed by atoms with E-state index in [1.807, 2.05) is 31.2 Å². The average Bonchev–Trinajstić information content (AvgIpc) is 2.86. The minimum atomic E-state index is -0.0552. The van der Waals surface area contributed by atoms with Crippen molar-refractivity contribution in [2.75, 3.05) is 13.1 Å². The minimum Gasteiger partial charge on any atom is -0.346 e. The standard InChI is InChI=1S/C16H22N4O.2ClH/c1-3-12(20-16(21)10(2)11-8-17-9-11)15-18-13-6-4-5-7-14(13)19-15;;/h4-7,10-12,17H,3,8-9H2,1-2H3,(H,18,19)(H,20,21);2*1H. The maximum atomic E-state index is 12.4. The van der Waals surface area contributed by atoms with Crippen LogP contribution >= 0.6 is 24.8 Å². The topological polar surface area (TPSA) is 69.8 Å². The minimum absolute atomic E-state index is 0. The molecule has 2 unspecified atom stereocenters. The molecule has 1 fully saturated rings. The zero-order chi connectivity index (χ0) is 14.8. The predicted molar refractivity (Wildman–Crippen MR) is 97.3 cm³/mol. The molecule has 2 heterocycles. The zero-order valence-electron chi connectivity index (χ0n) is 13.3. The molecule has 5 nitrogen and oxygen atoms in total. The van der Waals surface area contributed by atoms with E-state index >= 15 is 0 Å². The Morgan fingerprint density at radius 1 is 1.35 bits per heavy atom. The van der Waals surface area contributed by atoms with Crippen LogP contribution in [0, 0.1) is 11.8 Å². The first kappa shape index (κ1) is 19.7. The number of halogens is 2. The van der Waals surface area contributed by atoms with E-state index in [0.29, 0.717) is 5.92 Å². The van der Waals surface area contributed by atoms with Crippen LogP contribution in [0.3, 0.4) is 0 Å². The third kappa shape index (κ3) is 4.16. The van der Waals surface area contributed by atoms with Crippen molar-refractivity contribution >= 4 is 41.8 Å². The molecule has 7 heteroatoms. The third-order valence-corrected chi connectivity index (χ3v) is 4.40. The number of hydrogen-bond donors (Lipinski definition) is 3. The third-order valence-electron chi connectivity index (χ3n) is 4.40. The summed E-state index contributed by atoms with van der Waals surface area (Å²) in [6.07, 6.45) is 0.821. The van der Waals surface area contributed by atoms with Crippen LogP contribution in [0.15, 0.2) is 24.3 Å². The first-order valence-electron chi connectivity index (χ1n) is 7.64. The SMILES string of the molecule is CCC(NC(=O)C(C)C1CNC1)c1nc2ccccc2[nH]1.Cl.Cl. The van der Waals surface area contributed by atoms with Gasteiger partial charge in [-0.2, -0.15) is 0 Å². The number of carbonyl (C=O) groups excluding carboxylic acids is 1. The van der Waals surface area contributed by atoms with Gasteiger partial charge in [0.05, 0.1) is 17.1 Å². The lowest BCUT2D eigenvalue weighted by atomic mass is 9.88. The molecule has 23 heavy (non-hydrogen) atoms. The van der Waals surface area contributed by atoms with Gasteiger partial charge in [0, 0.05) is 5.92 Å². The Labute approximate surface area is 148 Å². The summed E-state index contributed by atoms with van der Waals surface area (Å²) < 4.78 is 0. The van der Waals surface area contributed by atoms with Crippen LogP contribution in [-0.2, 0) is 4.79 Å². The summed E-state index contributed by atoms with van der Waals surface area (Å²) in [5.41, 5.74) is 1.95. The Morgan fingerprint density at radius 3 is 2.61 bits per heavy atom. The summed E-state index contributed by atoms with van der Waals surface area (Å²) in [5, 5.41) is 6.35. The molecule has 1 saturated heterocycles. The first-order chi connectivity index (χ1) is 10.2. The number of imidazole rings is 1. The lowest BCUT2D eigenvalue weighted by molar-refractivity contribution is -0.127. The molecule has 2 aromatic rings. The summed E-state index contributed by atoms with van der Waals surface area (Å²) >= 11 is 0. The fraction of sp³-hybridized carbons (Fsp3) is 0.500. The molecule has 1 aliphatic heterocycles. The van der Waals surface area contributed by atoms with Gasteiger partial charge in [0.25, 0.3) is 0 Å². The van der Waals surface area contributed by atoms with Gasteiger partial charge in [0.2, 0.25) is 5.91 Å². The molecule has 0 bridgehead atoms. The number of fused-ring (bicyclic) bond motifs is 1. The van der Waals surface area contributed by atoms with Crippen molar-refractivity contribution in [2.45, 2.75) is 26.3 Å². The van der Waals surface area contributed by atoms with Crippen LogP contribution in [0.25, 0.3) is 11.0 Å². The smallest absolute Gasteiger partial charge is 0.223 e. The summed E-state index contributed by atoms with van der Waals surface area (Å²) in [6, 6.07) is 7.88. The Hall–Kier alpha value is -1.30. The molecule has 0 saturated carbocycles. The van der Waals surface area contributed by atoms with E-state index in [1.54, 1.807) is 0 Å². The molecule has 128 valence electrons. The molecular formula is C16H24Cl2N4O. The maximum Gasteiger partial charge on any atom is 0.223 e. The van der Waals surface area contributed by atoms with Crippen molar-refractivity contribution in [3.8, 4) is 0 Å². The number of nitrogens with one attached hydrogen (secondary N) is 3. The van der Waals surface area contributed by atoms with Crippen molar-refractivity contribution in [1.82, 2.24) is 20.6 Å². The van der Waals surface area contributed by atoms with E-state index < -0.39 is 0 Å². The molecule has 0 spiro atoms. The Bertz CT molecular complexity index is 609. The number of nitrogens with zero attached hydrogens (tertiary/aromatic N) is 1. The second-order valence-electron chi connectivity index (χ2n) is 5.82. The van der Waals surface area contributed by atoms with E-state index in [0.717, 1.165) is 36.4 Å². The molecule has 3 N–H and O–H groups in total. The molecule has 1 aromatic carbocycles. The van der Waals surface area contributed by atoms with Crippen LogP contribution in [0.4, 0.5) is 0 Å². The van der Waals surface area contributed by atoms with Gasteiger partial charge < -0.3 is 15.6 Å². The van der Waals surface area contributed by atoms with Crippen LogP contribution < -0.4 is 10.6 Å². The summed E-state index contributed by atoms with van der Waals surface area (Å²) in [7, 11) is 0. The lowest BCUT2D eigenvalue weighted by Crippen LogP contribution is -2.50. The molecular weight excluding hydrogens is 335 g/mol. The molecule has 3 rings (SSSR count). The normalized spacial score (nSPS) is 16.6. The predicted octanol–water partition coefficient (Wildman–Crippen LogP) is 2.83. The number of benzene rings is 1. The second-order valence-corrected chi connectivity index (χ2v) is 5.82. The monoisotopic (exact) mass is 358 g/mol. The number of H-pyrrole nitrogens is 1. The lowest BCUT2D eigenvalue weighted by Gasteiger charge is -2.32. The highest BCUT2D eigenvalue weighted by atomic mass is 35.5. The van der Waals surface area contributed by atoms with Crippen molar-refractivity contribution in [2.24, 2.45) is 11.8 Å². The van der Waals surface area contributed by atoms with Gasteiger partial charge >= 0.3 is 0 Å². The van der Waals surface area contributed by atoms with Gasteiger partial charge in [0.1, 0.15) is 5.82 Å². The molecule has 2 atom stereocenters. The number of carbonyl (C=O) groups is 1. The van der Waals surface area contributed by atoms with Crippen molar-refractivity contribution in [3.05, 3.63) is 30.1 Å². The largest absolute Gasteiger partial charge is 0.346 e. The van der Waals surface area contributed by atoms with E-state index in [1.165, 1.54) is 0 Å². The van der Waals surface area contributed by atoms with Crippen molar-refractivity contribution < 1.29 is 4.79 Å². The van der Waals surface area contributed by atoms with Crippen molar-refractivity contribution in [1.29, 1.82) is 0 Å². The van der Waals surface area contributed by atoms with Gasteiger partial charge in [-0.1, -0.05) is 26.0 Å². The summed E-state index contributed by atoms with van der Waals surface area (Å²) in [6.45, 7) is 5.95. The Balaban J connectivity index is 0.00000132. The molecule has 1 aliphatic rings. The first-order valence-corrected chi connectivity index (χ1v) is 7.64. The molecule has 0 radical (unpaired) electrons. The van der Waals surface area contributed by atoms with Crippen molar-refractivity contribution in [3.63, 3.8) is 0 Å². The quantitative estimate of drug-likeness (QED) is 0.769. The molecule has 1 aromatic heterocycles. The van der Waals surface area contributed by atoms with Crippen LogP contribution in [0.5, 0.6) is 0 Å². The zero-order valence-corrected chi connectivity index (χ0v) is 15.0. The fourth-order valence-corrected chi connectivity index (χ4v) is 2.68. The Morgan fingerprint density at radius 2 is 2.04 bits per heavy atom. The van der Waals surface area contributed by atoms with E-state index in [2.05, 4.69) is 27.5 Å². The highest BCUT2D eigenvalue weighted by Gasteiger charge is 2.30. The number of hydrogen-bond acceptors (Lipinski definition) is 3. The Kier molecular flexibility index (Phi) is 7.32. The van der Waals surface area contributed by atoms with Gasteiger partial charge in [-0.25, -0.2) is 4.98 Å². The number of amides is 1. The van der Waals surface area contributed by atoms with Gasteiger partial charge in [0.15, 0.2) is 0 Å². The molecule has 0 aliphatic carbocycles. The maximum absolute atomic E-state index is 12.4. The summed E-state index contributed by atoms with van der Waals surface area (Å²) in [5.74, 6) is 1.46. The number of rotatable bonds is 5. The van der Waals surface area contributed by atoms with Gasteiger partial charge in [-0.15, -0.1) is 24.8 Å². The van der Waals surface area contributed by atoms with Gasteiger partial charge in [-0.05, 0) is 37.6 Å². The van der Waals surface area contributed by atoms with E-state index in [9.17, 15) is 4.79 Å². The number of aromatic amines is 1. The average molecular weight is 359 g/mol. The summed E-state index contributed by atoms with van der Waals surface area (Å²) in [4.78, 5) is 20.3. The number of aromatic nitrogens is 2. The van der Waals surface area contributed by atoms with E-state index in [-0.39, 0.29) is 42.7 Å².